The predicted molar refractivity (Wildman–Crippen MR) is 142 cm³/mol. The van der Waals surface area contributed by atoms with Crippen LogP contribution >= 0.6 is 23.2 Å². The van der Waals surface area contributed by atoms with Crippen molar-refractivity contribution in [3.63, 3.8) is 0 Å². The summed E-state index contributed by atoms with van der Waals surface area (Å²) in [4.78, 5) is 57.4. The molecule has 3 rings (SSSR count). The van der Waals surface area contributed by atoms with Gasteiger partial charge in [-0.1, -0.05) is 50.0 Å². The van der Waals surface area contributed by atoms with Crippen LogP contribution in [0.4, 0.5) is 16.2 Å². The largest absolute Gasteiger partial charge is 0.468 e. The van der Waals surface area contributed by atoms with Gasteiger partial charge in [0, 0.05) is 24.2 Å². The Labute approximate surface area is 225 Å². The molecule has 0 atom stereocenters. The highest BCUT2D eigenvalue weighted by Gasteiger charge is 2.45. The average Bonchev–Trinajstić information content (AvgIpc) is 3.24. The molecular formula is C25H31Cl2N5O5. The lowest BCUT2D eigenvalue weighted by Gasteiger charge is -2.45. The maximum atomic E-state index is 13.8. The van der Waals surface area contributed by atoms with E-state index in [1.54, 1.807) is 38.1 Å². The molecule has 0 bridgehead atoms. The quantitative estimate of drug-likeness (QED) is 0.472. The number of anilines is 2. The molecule has 1 aromatic heterocycles. The molecule has 10 nitrogen and oxygen atoms in total. The number of aromatic nitrogens is 1. The van der Waals surface area contributed by atoms with Gasteiger partial charge in [0.1, 0.15) is 17.8 Å². The van der Waals surface area contributed by atoms with Crippen molar-refractivity contribution in [2.75, 3.05) is 37.4 Å². The number of hydrogen-bond donors (Lipinski definition) is 3. The van der Waals surface area contributed by atoms with Gasteiger partial charge in [0.05, 0.1) is 28.5 Å². The standard InChI is InChI=1S/C25H31Cl2N5O5/c1-24(2,3)17-12-16(29-23(36)28-15-9-7-8-14(26)19(15)27)20(30-17)21(34)32-11-10-31(13-18(33)37-6)22(35)25(32,4)5/h7-9,12,30H,10-11,13H2,1-6H3,(H2,28,29,36). The van der Waals surface area contributed by atoms with E-state index in [0.717, 1.165) is 0 Å². The average molecular weight is 552 g/mol. The van der Waals surface area contributed by atoms with E-state index in [2.05, 4.69) is 20.4 Å². The van der Waals surface area contributed by atoms with E-state index >= 15 is 0 Å². The Kier molecular flexibility index (Phi) is 8.14. The number of halogens is 2. The van der Waals surface area contributed by atoms with Crippen molar-refractivity contribution in [1.82, 2.24) is 14.8 Å². The number of esters is 1. The number of carbonyl (C=O) groups excluding carboxylic acids is 4. The van der Waals surface area contributed by atoms with E-state index in [0.29, 0.717) is 11.4 Å². The van der Waals surface area contributed by atoms with Crippen molar-refractivity contribution in [2.45, 2.75) is 45.6 Å². The maximum Gasteiger partial charge on any atom is 0.325 e. The number of H-pyrrole nitrogens is 1. The molecule has 0 spiro atoms. The summed E-state index contributed by atoms with van der Waals surface area (Å²) in [6.45, 7) is 9.26. The van der Waals surface area contributed by atoms with Gasteiger partial charge in [-0.2, -0.15) is 0 Å². The molecule has 37 heavy (non-hydrogen) atoms. The van der Waals surface area contributed by atoms with Gasteiger partial charge < -0.3 is 30.2 Å². The Morgan fingerprint density at radius 1 is 1.11 bits per heavy atom. The molecule has 0 saturated carbocycles. The normalized spacial score (nSPS) is 15.4. The lowest BCUT2D eigenvalue weighted by molar-refractivity contribution is -0.154. The van der Waals surface area contributed by atoms with Crippen LogP contribution < -0.4 is 10.6 Å². The zero-order valence-electron chi connectivity index (χ0n) is 21.6. The number of rotatable bonds is 5. The monoisotopic (exact) mass is 551 g/mol. The molecule has 2 heterocycles. The summed E-state index contributed by atoms with van der Waals surface area (Å²) in [5.74, 6) is -1.40. The summed E-state index contributed by atoms with van der Waals surface area (Å²) >= 11 is 12.2. The predicted octanol–water partition coefficient (Wildman–Crippen LogP) is 4.50. The molecule has 0 unspecified atom stereocenters. The van der Waals surface area contributed by atoms with Crippen molar-refractivity contribution in [1.29, 1.82) is 0 Å². The van der Waals surface area contributed by atoms with E-state index in [1.165, 1.54) is 16.9 Å². The van der Waals surface area contributed by atoms with Crippen LogP contribution in [-0.2, 0) is 19.7 Å². The number of carbonyl (C=O) groups is 4. The number of urea groups is 1. The highest BCUT2D eigenvalue weighted by molar-refractivity contribution is 6.44. The van der Waals surface area contributed by atoms with Crippen molar-refractivity contribution >= 4 is 58.4 Å². The molecule has 2 aromatic rings. The second-order valence-corrected chi connectivity index (χ2v) is 11.0. The summed E-state index contributed by atoms with van der Waals surface area (Å²) in [7, 11) is 1.25. The van der Waals surface area contributed by atoms with Crippen LogP contribution in [0.1, 0.15) is 50.8 Å². The van der Waals surface area contributed by atoms with E-state index in [4.69, 9.17) is 23.2 Å². The van der Waals surface area contributed by atoms with E-state index in [9.17, 15) is 19.2 Å². The lowest BCUT2D eigenvalue weighted by atomic mass is 9.92. The molecule has 1 aromatic carbocycles. The topological polar surface area (TPSA) is 124 Å². The van der Waals surface area contributed by atoms with Crippen molar-refractivity contribution in [2.24, 2.45) is 0 Å². The van der Waals surface area contributed by atoms with Gasteiger partial charge in [-0.15, -0.1) is 0 Å². The summed E-state index contributed by atoms with van der Waals surface area (Å²) < 4.78 is 4.68. The number of benzene rings is 1. The molecular weight excluding hydrogens is 521 g/mol. The zero-order valence-corrected chi connectivity index (χ0v) is 23.1. The minimum Gasteiger partial charge on any atom is -0.468 e. The van der Waals surface area contributed by atoms with Crippen LogP contribution in [-0.4, -0.2) is 70.9 Å². The molecule has 1 aliphatic heterocycles. The first kappa shape index (κ1) is 28.3. The van der Waals surface area contributed by atoms with Gasteiger partial charge in [-0.25, -0.2) is 4.79 Å². The van der Waals surface area contributed by atoms with Gasteiger partial charge in [-0.3, -0.25) is 14.4 Å². The number of hydrogen-bond acceptors (Lipinski definition) is 5. The SMILES string of the molecule is COC(=O)CN1CCN(C(=O)c2[nH]c(C(C)(C)C)cc2NC(=O)Nc2cccc(Cl)c2Cl)C(C)(C)C1=O. The third-order valence-corrected chi connectivity index (χ3v) is 6.98. The summed E-state index contributed by atoms with van der Waals surface area (Å²) in [6, 6.07) is 5.90. The second kappa shape index (κ2) is 10.6. The fourth-order valence-electron chi connectivity index (χ4n) is 3.97. The van der Waals surface area contributed by atoms with E-state index in [-0.39, 0.29) is 52.4 Å². The van der Waals surface area contributed by atoms with Crippen molar-refractivity contribution < 1.29 is 23.9 Å². The van der Waals surface area contributed by atoms with E-state index in [1.807, 2.05) is 20.8 Å². The fraction of sp³-hybridized carbons (Fsp3) is 0.440. The number of piperazine rings is 1. The first-order valence-corrected chi connectivity index (χ1v) is 12.4. The molecule has 1 saturated heterocycles. The van der Waals surface area contributed by atoms with Crippen LogP contribution in [0.25, 0.3) is 0 Å². The van der Waals surface area contributed by atoms with Crippen LogP contribution in [0.3, 0.4) is 0 Å². The molecule has 1 aliphatic rings. The highest BCUT2D eigenvalue weighted by atomic mass is 35.5. The minimum absolute atomic E-state index is 0.125. The van der Waals surface area contributed by atoms with Gasteiger partial charge >= 0.3 is 12.0 Å². The zero-order chi connectivity index (χ0) is 27.7. The summed E-state index contributed by atoms with van der Waals surface area (Å²) in [5, 5.41) is 5.82. The number of methoxy groups -OCH3 is 1. The van der Waals surface area contributed by atoms with Crippen molar-refractivity contribution in [3.8, 4) is 0 Å². The van der Waals surface area contributed by atoms with Crippen LogP contribution in [0.2, 0.25) is 10.0 Å². The number of nitrogens with one attached hydrogen (secondary N) is 3. The Morgan fingerprint density at radius 3 is 2.38 bits per heavy atom. The Hall–Kier alpha value is -3.24. The molecule has 1 fully saturated rings. The third kappa shape index (κ3) is 6.02. The smallest absolute Gasteiger partial charge is 0.325 e. The van der Waals surface area contributed by atoms with E-state index < -0.39 is 23.4 Å². The maximum absolute atomic E-state index is 13.8. The molecule has 12 heteroatoms. The summed E-state index contributed by atoms with van der Waals surface area (Å²) in [5.41, 5.74) is -0.235. The Morgan fingerprint density at radius 2 is 1.76 bits per heavy atom. The molecule has 0 aliphatic carbocycles. The number of nitrogens with zero attached hydrogens (tertiary/aromatic N) is 2. The Bertz CT molecular complexity index is 1230. The first-order valence-electron chi connectivity index (χ1n) is 11.6. The third-order valence-electron chi connectivity index (χ3n) is 6.16. The number of amides is 4. The van der Waals surface area contributed by atoms with Crippen LogP contribution in [0, 0.1) is 0 Å². The van der Waals surface area contributed by atoms with Gasteiger partial charge in [0.15, 0.2) is 0 Å². The van der Waals surface area contributed by atoms with Gasteiger partial charge in [0.25, 0.3) is 5.91 Å². The molecule has 0 radical (unpaired) electrons. The molecule has 3 N–H and O–H groups in total. The highest BCUT2D eigenvalue weighted by Crippen LogP contribution is 2.32. The fourth-order valence-corrected chi connectivity index (χ4v) is 4.32. The molecule has 200 valence electrons. The summed E-state index contributed by atoms with van der Waals surface area (Å²) in [6.07, 6.45) is 0. The second-order valence-electron chi connectivity index (χ2n) is 10.2. The van der Waals surface area contributed by atoms with Gasteiger partial charge in [-0.05, 0) is 32.0 Å². The number of ether oxygens (including phenoxy) is 1. The van der Waals surface area contributed by atoms with Crippen molar-refractivity contribution in [3.05, 3.63) is 45.7 Å². The lowest BCUT2D eigenvalue weighted by Crippen LogP contribution is -2.65. The van der Waals surface area contributed by atoms with Gasteiger partial charge in [0.2, 0.25) is 5.91 Å². The van der Waals surface area contributed by atoms with Crippen LogP contribution in [0.15, 0.2) is 24.3 Å². The number of aromatic amines is 1. The minimum atomic E-state index is -1.25. The Balaban J connectivity index is 1.90. The first-order chi connectivity index (χ1) is 17.2. The van der Waals surface area contributed by atoms with Crippen LogP contribution in [0.5, 0.6) is 0 Å². The molecule has 4 amide bonds.